The van der Waals surface area contributed by atoms with Gasteiger partial charge in [-0.15, -0.1) is 0 Å². The van der Waals surface area contributed by atoms with Gasteiger partial charge in [-0.25, -0.2) is 13.1 Å². The van der Waals surface area contributed by atoms with E-state index in [4.69, 9.17) is 25.8 Å². The van der Waals surface area contributed by atoms with Gasteiger partial charge in [0.15, 0.2) is 0 Å². The predicted octanol–water partition coefficient (Wildman–Crippen LogP) is 7.41. The molecule has 52 heavy (non-hydrogen) atoms. The van der Waals surface area contributed by atoms with Gasteiger partial charge >= 0.3 is 0 Å². The SMILES string of the molecule is CO[C@@]1(CN2CCCCOCCCC2)/C=C/C[C@H](C)[C@@H](C)S(=O)(=O)NC(=O)c2ccc3c(c2)N(CCCCc2cc(Cl)ccc2CO3)C[C@@H]2CC[C@H]21. The topological polar surface area (TPSA) is 97.4 Å². The molecule has 2 aromatic rings. The molecule has 1 saturated heterocycles. The Morgan fingerprint density at radius 3 is 2.46 bits per heavy atom. The van der Waals surface area contributed by atoms with Gasteiger partial charge in [-0.2, -0.15) is 0 Å². The molecule has 1 amide bonds. The van der Waals surface area contributed by atoms with Crippen LogP contribution in [-0.4, -0.2) is 83.1 Å². The second-order valence-electron chi connectivity index (χ2n) is 15.5. The van der Waals surface area contributed by atoms with Gasteiger partial charge in [0, 0.05) is 50.5 Å². The fraction of sp³-hybridized carbons (Fsp3) is 0.634. The number of sulfonamides is 1. The Balaban J connectivity index is 1.38. The molecule has 286 valence electrons. The van der Waals surface area contributed by atoms with Crippen LogP contribution in [0.4, 0.5) is 5.69 Å². The number of methoxy groups -OCH3 is 1. The fourth-order valence-corrected chi connectivity index (χ4v) is 9.91. The van der Waals surface area contributed by atoms with E-state index in [9.17, 15) is 13.2 Å². The number of benzene rings is 2. The largest absolute Gasteiger partial charge is 0.487 e. The van der Waals surface area contributed by atoms with Gasteiger partial charge in [0.2, 0.25) is 10.0 Å². The molecule has 11 heteroatoms. The molecular weight excluding hydrogens is 698 g/mol. The summed E-state index contributed by atoms with van der Waals surface area (Å²) in [7, 11) is -2.10. The van der Waals surface area contributed by atoms with Crippen LogP contribution in [0, 0.1) is 17.8 Å². The number of anilines is 1. The Kier molecular flexibility index (Phi) is 13.3. The highest BCUT2D eigenvalue weighted by Gasteiger charge is 2.48. The molecule has 0 aromatic heterocycles. The molecule has 0 radical (unpaired) electrons. The van der Waals surface area contributed by atoms with Crippen LogP contribution in [0.15, 0.2) is 48.6 Å². The van der Waals surface area contributed by atoms with Crippen LogP contribution in [0.1, 0.15) is 93.1 Å². The second-order valence-corrected chi connectivity index (χ2v) is 18.0. The summed E-state index contributed by atoms with van der Waals surface area (Å²) in [6.45, 7) is 9.98. The van der Waals surface area contributed by atoms with E-state index in [1.165, 1.54) is 5.56 Å². The summed E-state index contributed by atoms with van der Waals surface area (Å²) < 4.78 is 48.6. The van der Waals surface area contributed by atoms with Gasteiger partial charge in [-0.05, 0) is 143 Å². The van der Waals surface area contributed by atoms with Crippen molar-refractivity contribution >= 4 is 33.2 Å². The average molecular weight is 756 g/mol. The summed E-state index contributed by atoms with van der Waals surface area (Å²) in [5.41, 5.74) is 2.88. The summed E-state index contributed by atoms with van der Waals surface area (Å²) in [6, 6.07) is 11.3. The number of carbonyl (C=O) groups is 1. The Hall–Kier alpha value is -2.63. The van der Waals surface area contributed by atoms with Crippen molar-refractivity contribution in [1.29, 1.82) is 0 Å². The van der Waals surface area contributed by atoms with Crippen molar-refractivity contribution in [3.05, 3.63) is 70.3 Å². The smallest absolute Gasteiger partial charge is 0.264 e. The number of nitrogens with zero attached hydrogens (tertiary/aromatic N) is 2. The van der Waals surface area contributed by atoms with Gasteiger partial charge in [0.1, 0.15) is 18.0 Å². The normalized spacial score (nSPS) is 30.2. The first-order valence-electron chi connectivity index (χ1n) is 19.5. The van der Waals surface area contributed by atoms with Crippen LogP contribution < -0.4 is 14.4 Å². The van der Waals surface area contributed by atoms with Crippen molar-refractivity contribution in [3.8, 4) is 5.75 Å². The highest BCUT2D eigenvalue weighted by molar-refractivity contribution is 7.90. The van der Waals surface area contributed by atoms with Crippen molar-refractivity contribution in [1.82, 2.24) is 9.62 Å². The molecule has 2 fully saturated rings. The lowest BCUT2D eigenvalue weighted by Crippen LogP contribution is -2.56. The molecular formula is C41H58ClN3O6S. The molecule has 1 aliphatic carbocycles. The minimum atomic E-state index is -3.95. The van der Waals surface area contributed by atoms with Gasteiger partial charge in [-0.3, -0.25) is 4.79 Å². The maximum absolute atomic E-state index is 13.6. The lowest BCUT2D eigenvalue weighted by molar-refractivity contribution is -0.0922. The minimum Gasteiger partial charge on any atom is -0.487 e. The Labute approximate surface area is 316 Å². The first-order chi connectivity index (χ1) is 25.1. The van der Waals surface area contributed by atoms with E-state index < -0.39 is 26.8 Å². The zero-order valence-corrected chi connectivity index (χ0v) is 32.9. The molecule has 3 aliphatic heterocycles. The number of nitrogens with one attached hydrogen (secondary N) is 1. The van der Waals surface area contributed by atoms with Gasteiger partial charge < -0.3 is 24.0 Å². The molecule has 4 aliphatic rings. The zero-order chi connectivity index (χ0) is 36.7. The number of carbonyl (C=O) groups excluding carboxylic acids is 1. The summed E-state index contributed by atoms with van der Waals surface area (Å²) in [5, 5.41) is -0.0585. The average Bonchev–Trinajstić information content (AvgIpc) is 3.14. The third-order valence-corrected chi connectivity index (χ3v) is 14.2. The van der Waals surface area contributed by atoms with Crippen molar-refractivity contribution in [2.75, 3.05) is 57.9 Å². The van der Waals surface area contributed by atoms with E-state index in [0.717, 1.165) is 120 Å². The summed E-state index contributed by atoms with van der Waals surface area (Å²) in [6.07, 6.45) is 14.2. The van der Waals surface area contributed by atoms with Crippen LogP contribution in [0.25, 0.3) is 0 Å². The highest BCUT2D eigenvalue weighted by atomic mass is 35.5. The number of amides is 1. The first-order valence-corrected chi connectivity index (χ1v) is 21.4. The van der Waals surface area contributed by atoms with E-state index in [-0.39, 0.29) is 11.8 Å². The van der Waals surface area contributed by atoms with Crippen LogP contribution in [0.3, 0.4) is 0 Å². The molecule has 1 N–H and O–H groups in total. The molecule has 1 saturated carbocycles. The number of allylic oxidation sites excluding steroid dienone is 1. The number of aryl methyl sites for hydroxylation is 1. The van der Waals surface area contributed by atoms with Crippen LogP contribution in [-0.2, 0) is 32.5 Å². The molecule has 5 atom stereocenters. The van der Waals surface area contributed by atoms with Crippen molar-refractivity contribution in [2.24, 2.45) is 17.8 Å². The maximum Gasteiger partial charge on any atom is 0.264 e. The monoisotopic (exact) mass is 755 g/mol. The lowest BCUT2D eigenvalue weighted by Gasteiger charge is -2.51. The molecule has 0 spiro atoms. The van der Waals surface area contributed by atoms with E-state index in [2.05, 4.69) is 26.7 Å². The number of rotatable bonds is 3. The van der Waals surface area contributed by atoms with Gasteiger partial charge in [0.05, 0.1) is 10.9 Å². The van der Waals surface area contributed by atoms with Crippen LogP contribution in [0.2, 0.25) is 5.02 Å². The third-order valence-electron chi connectivity index (χ3n) is 12.0. The van der Waals surface area contributed by atoms with E-state index in [1.807, 2.05) is 44.4 Å². The predicted molar refractivity (Wildman–Crippen MR) is 208 cm³/mol. The Morgan fingerprint density at radius 2 is 1.73 bits per heavy atom. The summed E-state index contributed by atoms with van der Waals surface area (Å²) in [4.78, 5) is 18.6. The van der Waals surface area contributed by atoms with E-state index >= 15 is 0 Å². The third kappa shape index (κ3) is 9.35. The molecule has 0 unspecified atom stereocenters. The number of halogens is 1. The Morgan fingerprint density at radius 1 is 0.962 bits per heavy atom. The van der Waals surface area contributed by atoms with E-state index in [1.54, 1.807) is 13.0 Å². The number of hydrogen-bond donors (Lipinski definition) is 1. The zero-order valence-electron chi connectivity index (χ0n) is 31.3. The summed E-state index contributed by atoms with van der Waals surface area (Å²) >= 11 is 6.41. The number of ether oxygens (including phenoxy) is 3. The standard InChI is InChI=1S/C41H58ClN3O6S/c1-30-11-10-19-41(49-3,29-44-20-6-8-23-50-24-9-7-21-44)37-17-14-34(37)27-45-22-5-4-12-32-25-36(42)16-13-35(32)28-51-39-18-15-33(26-38(39)45)40(46)43-52(47,48)31(30)2/h10,13,15-16,18-19,25-26,30-31,34,37H,4-9,11-12,14,17,20-24,27-29H2,1-3H3,(H,43,46)/b19-10+/t30-,31+,34-,37+,41+/m0/s1. The van der Waals surface area contributed by atoms with E-state index in [0.29, 0.717) is 30.3 Å². The molecule has 2 aromatic carbocycles. The van der Waals surface area contributed by atoms with Gasteiger partial charge in [-0.1, -0.05) is 36.7 Å². The van der Waals surface area contributed by atoms with Crippen molar-refractivity contribution in [3.63, 3.8) is 0 Å². The van der Waals surface area contributed by atoms with Crippen molar-refractivity contribution < 1.29 is 27.4 Å². The molecule has 2 bridgehead atoms. The quantitative estimate of drug-likeness (QED) is 0.324. The highest BCUT2D eigenvalue weighted by Crippen LogP contribution is 2.47. The van der Waals surface area contributed by atoms with Gasteiger partial charge in [0.25, 0.3) is 5.91 Å². The molecule has 3 heterocycles. The molecule has 9 nitrogen and oxygen atoms in total. The Bertz CT molecular complexity index is 1660. The second kappa shape index (κ2) is 17.7. The fourth-order valence-electron chi connectivity index (χ4n) is 8.43. The minimum absolute atomic E-state index is 0.218. The number of hydrogen-bond acceptors (Lipinski definition) is 8. The summed E-state index contributed by atoms with van der Waals surface area (Å²) in [5.74, 6) is 0.469. The number of fused-ring (bicyclic) bond motifs is 3. The first kappa shape index (κ1) is 39.1. The maximum atomic E-state index is 13.6. The van der Waals surface area contributed by atoms with Crippen molar-refractivity contribution in [2.45, 2.75) is 95.5 Å². The van der Waals surface area contributed by atoms with Crippen LogP contribution >= 0.6 is 11.6 Å². The molecule has 6 rings (SSSR count). The lowest BCUT2D eigenvalue weighted by atomic mass is 9.63. The van der Waals surface area contributed by atoms with Crippen LogP contribution in [0.5, 0.6) is 5.75 Å².